The van der Waals surface area contributed by atoms with Crippen LogP contribution in [0.3, 0.4) is 0 Å². The fourth-order valence-electron chi connectivity index (χ4n) is 3.48. The zero-order valence-corrected chi connectivity index (χ0v) is 18.0. The molecule has 1 unspecified atom stereocenters. The SMILES string of the molecule is COc1ccccc1C1C(C#N)=C(N)Oc2cc(OC(=O)c3ccc(Br)cc3)ccc21. The molecule has 1 aliphatic heterocycles. The van der Waals surface area contributed by atoms with Crippen LogP contribution >= 0.6 is 15.9 Å². The number of nitrogens with zero attached hydrogens (tertiary/aromatic N) is 1. The summed E-state index contributed by atoms with van der Waals surface area (Å²) < 4.78 is 17.6. The Balaban J connectivity index is 1.71. The van der Waals surface area contributed by atoms with Gasteiger partial charge in [-0.15, -0.1) is 0 Å². The van der Waals surface area contributed by atoms with Gasteiger partial charge in [-0.3, -0.25) is 0 Å². The van der Waals surface area contributed by atoms with Gasteiger partial charge in [-0.2, -0.15) is 5.26 Å². The van der Waals surface area contributed by atoms with Crippen LogP contribution in [0.15, 0.2) is 82.7 Å². The van der Waals surface area contributed by atoms with E-state index in [4.69, 9.17) is 19.9 Å². The standard InChI is InChI=1S/C24H17BrN2O4/c1-29-20-5-3-2-4-17(20)22-18-11-10-16(12-21(18)31-23(27)19(22)13-26)30-24(28)14-6-8-15(25)9-7-14/h2-12,22H,27H2,1H3. The van der Waals surface area contributed by atoms with E-state index in [0.717, 1.165) is 15.6 Å². The monoisotopic (exact) mass is 476 g/mol. The fraction of sp³-hybridized carbons (Fsp3) is 0.0833. The van der Waals surface area contributed by atoms with Crippen LogP contribution in [-0.2, 0) is 0 Å². The maximum Gasteiger partial charge on any atom is 0.343 e. The molecule has 0 saturated heterocycles. The van der Waals surface area contributed by atoms with E-state index in [1.54, 1.807) is 49.6 Å². The third-order valence-electron chi connectivity index (χ3n) is 4.93. The Hall–Kier alpha value is -3.76. The second kappa shape index (κ2) is 8.54. The lowest BCUT2D eigenvalue weighted by Gasteiger charge is -2.27. The number of methoxy groups -OCH3 is 1. The zero-order valence-electron chi connectivity index (χ0n) is 16.5. The summed E-state index contributed by atoms with van der Waals surface area (Å²) in [6.07, 6.45) is 0. The Kier molecular flexibility index (Phi) is 5.65. The summed E-state index contributed by atoms with van der Waals surface area (Å²) >= 11 is 3.34. The summed E-state index contributed by atoms with van der Waals surface area (Å²) in [6, 6.07) is 21.5. The topological polar surface area (TPSA) is 94.6 Å². The third kappa shape index (κ3) is 3.98. The molecule has 154 valence electrons. The number of carbonyl (C=O) groups is 1. The number of nitrogens with two attached hydrogens (primary N) is 1. The summed E-state index contributed by atoms with van der Waals surface area (Å²) in [5.74, 6) is 0.382. The van der Waals surface area contributed by atoms with Gasteiger partial charge in [0.25, 0.3) is 0 Å². The van der Waals surface area contributed by atoms with E-state index in [1.165, 1.54) is 0 Å². The minimum absolute atomic E-state index is 0.00212. The normalized spacial score (nSPS) is 14.8. The fourth-order valence-corrected chi connectivity index (χ4v) is 3.74. The van der Waals surface area contributed by atoms with Gasteiger partial charge in [-0.25, -0.2) is 4.79 Å². The van der Waals surface area contributed by atoms with Gasteiger partial charge in [0.05, 0.1) is 18.6 Å². The molecule has 0 radical (unpaired) electrons. The van der Waals surface area contributed by atoms with Crippen LogP contribution in [0.5, 0.6) is 17.2 Å². The predicted octanol–water partition coefficient (Wildman–Crippen LogP) is 4.90. The molecule has 3 aromatic rings. The van der Waals surface area contributed by atoms with Crippen molar-refractivity contribution < 1.29 is 19.0 Å². The number of esters is 1. The van der Waals surface area contributed by atoms with E-state index in [0.29, 0.717) is 22.8 Å². The van der Waals surface area contributed by atoms with Crippen molar-refractivity contribution in [3.63, 3.8) is 0 Å². The number of carbonyl (C=O) groups excluding carboxylic acids is 1. The summed E-state index contributed by atoms with van der Waals surface area (Å²) in [5.41, 5.74) is 8.27. The van der Waals surface area contributed by atoms with Gasteiger partial charge in [0.2, 0.25) is 5.88 Å². The molecule has 2 N–H and O–H groups in total. The number of fused-ring (bicyclic) bond motifs is 1. The minimum Gasteiger partial charge on any atom is -0.496 e. The number of hydrogen-bond acceptors (Lipinski definition) is 6. The first-order valence-electron chi connectivity index (χ1n) is 9.34. The predicted molar refractivity (Wildman–Crippen MR) is 118 cm³/mol. The van der Waals surface area contributed by atoms with Crippen molar-refractivity contribution in [1.82, 2.24) is 0 Å². The first-order chi connectivity index (χ1) is 15.0. The highest BCUT2D eigenvalue weighted by Crippen LogP contribution is 2.45. The van der Waals surface area contributed by atoms with Crippen molar-refractivity contribution in [2.75, 3.05) is 7.11 Å². The number of halogens is 1. The van der Waals surface area contributed by atoms with E-state index in [1.807, 2.05) is 24.3 Å². The Morgan fingerprint density at radius 1 is 1.10 bits per heavy atom. The number of allylic oxidation sites excluding steroid dienone is 1. The molecule has 4 rings (SSSR count). The first kappa shape index (κ1) is 20.5. The molecule has 6 nitrogen and oxygen atoms in total. The number of para-hydroxylation sites is 1. The molecule has 0 spiro atoms. The van der Waals surface area contributed by atoms with Crippen LogP contribution in [0.25, 0.3) is 0 Å². The highest BCUT2D eigenvalue weighted by molar-refractivity contribution is 9.10. The number of rotatable bonds is 4. The van der Waals surface area contributed by atoms with Crippen LogP contribution < -0.4 is 19.9 Å². The van der Waals surface area contributed by atoms with Crippen LogP contribution in [0, 0.1) is 11.3 Å². The molecule has 3 aromatic carbocycles. The zero-order chi connectivity index (χ0) is 22.0. The van der Waals surface area contributed by atoms with E-state index in [-0.39, 0.29) is 11.5 Å². The Bertz CT molecular complexity index is 1230. The van der Waals surface area contributed by atoms with Crippen LogP contribution in [0.4, 0.5) is 0 Å². The lowest BCUT2D eigenvalue weighted by Crippen LogP contribution is -2.21. The number of ether oxygens (including phenoxy) is 3. The van der Waals surface area contributed by atoms with E-state index >= 15 is 0 Å². The van der Waals surface area contributed by atoms with Crippen LogP contribution in [0.1, 0.15) is 27.4 Å². The third-order valence-corrected chi connectivity index (χ3v) is 5.46. The molecule has 7 heteroatoms. The average Bonchev–Trinajstić information content (AvgIpc) is 2.78. The molecule has 0 aliphatic carbocycles. The second-order valence-electron chi connectivity index (χ2n) is 6.76. The van der Waals surface area contributed by atoms with Gasteiger partial charge in [-0.05, 0) is 36.4 Å². The molecular weight excluding hydrogens is 460 g/mol. The van der Waals surface area contributed by atoms with Crippen LogP contribution in [-0.4, -0.2) is 13.1 Å². The maximum atomic E-state index is 12.5. The molecule has 0 bridgehead atoms. The van der Waals surface area contributed by atoms with Gasteiger partial charge in [-0.1, -0.05) is 40.2 Å². The van der Waals surface area contributed by atoms with E-state index in [9.17, 15) is 10.1 Å². The minimum atomic E-state index is -0.495. The maximum absolute atomic E-state index is 12.5. The largest absolute Gasteiger partial charge is 0.496 e. The van der Waals surface area contributed by atoms with Crippen molar-refractivity contribution in [3.8, 4) is 23.3 Å². The summed E-state index contributed by atoms with van der Waals surface area (Å²) in [4.78, 5) is 12.5. The van der Waals surface area contributed by atoms with Gasteiger partial charge >= 0.3 is 5.97 Å². The molecule has 31 heavy (non-hydrogen) atoms. The van der Waals surface area contributed by atoms with Gasteiger partial charge < -0.3 is 19.9 Å². The van der Waals surface area contributed by atoms with Crippen molar-refractivity contribution in [1.29, 1.82) is 5.26 Å². The summed E-state index contributed by atoms with van der Waals surface area (Å²) in [7, 11) is 1.57. The Morgan fingerprint density at radius 2 is 1.84 bits per heavy atom. The molecule has 1 aliphatic rings. The Labute approximate surface area is 187 Å². The molecular formula is C24H17BrN2O4. The van der Waals surface area contributed by atoms with E-state index in [2.05, 4.69) is 22.0 Å². The Morgan fingerprint density at radius 3 is 2.55 bits per heavy atom. The highest BCUT2D eigenvalue weighted by atomic mass is 79.9. The van der Waals surface area contributed by atoms with Crippen molar-refractivity contribution in [2.24, 2.45) is 5.73 Å². The number of nitriles is 1. The quantitative estimate of drug-likeness (QED) is 0.425. The van der Waals surface area contributed by atoms with Crippen LogP contribution in [0.2, 0.25) is 0 Å². The first-order valence-corrected chi connectivity index (χ1v) is 10.1. The molecule has 0 amide bonds. The highest BCUT2D eigenvalue weighted by Gasteiger charge is 2.32. The molecule has 1 heterocycles. The van der Waals surface area contributed by atoms with Crippen molar-refractivity contribution in [3.05, 3.63) is 99.3 Å². The summed E-state index contributed by atoms with van der Waals surface area (Å²) in [5, 5.41) is 9.72. The lowest BCUT2D eigenvalue weighted by molar-refractivity contribution is 0.0734. The molecule has 1 atom stereocenters. The van der Waals surface area contributed by atoms with E-state index < -0.39 is 11.9 Å². The lowest BCUT2D eigenvalue weighted by atomic mass is 9.83. The molecule has 0 aromatic heterocycles. The summed E-state index contributed by atoms with van der Waals surface area (Å²) in [6.45, 7) is 0. The average molecular weight is 477 g/mol. The molecule has 0 saturated carbocycles. The second-order valence-corrected chi connectivity index (χ2v) is 7.68. The van der Waals surface area contributed by atoms with Crippen molar-refractivity contribution in [2.45, 2.75) is 5.92 Å². The van der Waals surface area contributed by atoms with Gasteiger partial charge in [0, 0.05) is 21.7 Å². The van der Waals surface area contributed by atoms with Gasteiger partial charge in [0.15, 0.2) is 0 Å². The number of hydrogen-bond donors (Lipinski definition) is 1. The molecule has 0 fully saturated rings. The smallest absolute Gasteiger partial charge is 0.343 e. The van der Waals surface area contributed by atoms with Gasteiger partial charge in [0.1, 0.15) is 28.9 Å². The number of benzene rings is 3. The van der Waals surface area contributed by atoms with Crippen molar-refractivity contribution >= 4 is 21.9 Å².